The van der Waals surface area contributed by atoms with Crippen molar-refractivity contribution in [2.45, 2.75) is 11.0 Å². The Morgan fingerprint density at radius 1 is 1.12 bits per heavy atom. The van der Waals surface area contributed by atoms with Crippen LogP contribution in [0, 0.1) is 0 Å². The zero-order valence-corrected chi connectivity index (χ0v) is 15.3. The summed E-state index contributed by atoms with van der Waals surface area (Å²) in [4.78, 5) is 1.80. The van der Waals surface area contributed by atoms with Gasteiger partial charge >= 0.3 is 0 Å². The van der Waals surface area contributed by atoms with Crippen LogP contribution >= 0.6 is 0 Å². The van der Waals surface area contributed by atoms with Gasteiger partial charge in [-0.05, 0) is 36.4 Å². The van der Waals surface area contributed by atoms with Crippen LogP contribution in [0.2, 0.25) is 0 Å². The van der Waals surface area contributed by atoms with Gasteiger partial charge in [0.2, 0.25) is 0 Å². The molecule has 0 aliphatic carbocycles. The molecule has 1 aliphatic heterocycles. The number of hydrogen-bond acceptors (Lipinski definition) is 6. The van der Waals surface area contributed by atoms with E-state index in [4.69, 9.17) is 9.47 Å². The Hall–Kier alpha value is -2.58. The molecule has 0 aromatic heterocycles. The van der Waals surface area contributed by atoms with Crippen molar-refractivity contribution >= 4 is 15.9 Å². The first-order valence-corrected chi connectivity index (χ1v) is 9.45. The molecule has 0 amide bonds. The number of methoxy groups -OCH3 is 1. The van der Waals surface area contributed by atoms with Gasteiger partial charge in [0.05, 0.1) is 7.11 Å². The van der Waals surface area contributed by atoms with Gasteiger partial charge < -0.3 is 19.5 Å². The minimum Gasteiger partial charge on any atom is -0.497 e. The van der Waals surface area contributed by atoms with Crippen molar-refractivity contribution in [1.29, 1.82) is 0 Å². The fourth-order valence-corrected chi connectivity index (χ4v) is 3.94. The zero-order chi connectivity index (χ0) is 18.7. The lowest BCUT2D eigenvalue weighted by molar-refractivity contribution is 0.0916. The molecule has 2 aromatic carbocycles. The molecule has 2 aromatic rings. The van der Waals surface area contributed by atoms with Gasteiger partial charge in [-0.2, -0.15) is 8.42 Å². The third-order valence-electron chi connectivity index (χ3n) is 3.96. The third-order valence-corrected chi connectivity index (χ3v) is 5.29. The number of aliphatic hydroxyl groups is 1. The van der Waals surface area contributed by atoms with E-state index >= 15 is 0 Å². The van der Waals surface area contributed by atoms with Crippen LogP contribution in [0.5, 0.6) is 11.5 Å². The molecule has 0 fully saturated rings. The second-order valence-electron chi connectivity index (χ2n) is 5.91. The standard InChI is InChI=1S/C18H20N2O5S/c1-20(18-16-5-3-4-6-17(16)26(22,23)19-18)11-13(21)12-25-15-9-7-14(24-2)8-10-15/h3-10,13,21H,11-12H2,1-2H3. The molecule has 1 atom stereocenters. The molecule has 1 unspecified atom stereocenters. The van der Waals surface area contributed by atoms with Crippen molar-refractivity contribution in [3.8, 4) is 11.5 Å². The van der Waals surface area contributed by atoms with E-state index < -0.39 is 16.1 Å². The summed E-state index contributed by atoms with van der Waals surface area (Å²) in [5.41, 5.74) is 0.540. The predicted molar refractivity (Wildman–Crippen MR) is 97.3 cm³/mol. The van der Waals surface area contributed by atoms with E-state index in [0.29, 0.717) is 17.1 Å². The molecule has 1 heterocycles. The van der Waals surface area contributed by atoms with Crippen LogP contribution in [-0.4, -0.2) is 57.7 Å². The molecule has 0 spiro atoms. The molecular weight excluding hydrogens is 356 g/mol. The number of benzene rings is 2. The fourth-order valence-electron chi connectivity index (χ4n) is 2.68. The molecule has 0 bridgehead atoms. The summed E-state index contributed by atoms with van der Waals surface area (Å²) >= 11 is 0. The SMILES string of the molecule is COc1ccc(OCC(O)CN(C)C2=NS(=O)(=O)c3ccccc32)cc1. The van der Waals surface area contributed by atoms with Crippen LogP contribution in [0.4, 0.5) is 0 Å². The van der Waals surface area contributed by atoms with Crippen LogP contribution in [0.15, 0.2) is 57.8 Å². The largest absolute Gasteiger partial charge is 0.497 e. The molecule has 1 N–H and O–H groups in total. The topological polar surface area (TPSA) is 88.4 Å². The number of amidine groups is 1. The molecule has 26 heavy (non-hydrogen) atoms. The van der Waals surface area contributed by atoms with Crippen LogP contribution in [-0.2, 0) is 10.0 Å². The summed E-state index contributed by atoms with van der Waals surface area (Å²) in [5.74, 6) is 1.65. The Kier molecular flexibility index (Phi) is 5.15. The normalized spacial score (nSPS) is 15.7. The maximum Gasteiger partial charge on any atom is 0.285 e. The van der Waals surface area contributed by atoms with Gasteiger partial charge in [-0.1, -0.05) is 12.1 Å². The lowest BCUT2D eigenvalue weighted by Crippen LogP contribution is -2.37. The highest BCUT2D eigenvalue weighted by molar-refractivity contribution is 7.90. The second kappa shape index (κ2) is 7.35. The highest BCUT2D eigenvalue weighted by Crippen LogP contribution is 2.27. The molecule has 138 valence electrons. The average Bonchev–Trinajstić information content (AvgIpc) is 2.92. The fraction of sp³-hybridized carbons (Fsp3) is 0.278. The molecule has 0 saturated heterocycles. The van der Waals surface area contributed by atoms with E-state index in [0.717, 1.165) is 5.75 Å². The van der Waals surface area contributed by atoms with E-state index in [-0.39, 0.29) is 18.0 Å². The Balaban J connectivity index is 1.62. The minimum absolute atomic E-state index is 0.0678. The molecule has 8 heteroatoms. The van der Waals surface area contributed by atoms with E-state index in [1.807, 2.05) is 0 Å². The van der Waals surface area contributed by atoms with Crippen molar-refractivity contribution < 1.29 is 23.0 Å². The van der Waals surface area contributed by atoms with Gasteiger partial charge in [0.1, 0.15) is 29.1 Å². The van der Waals surface area contributed by atoms with E-state index in [1.54, 1.807) is 61.5 Å². The number of ether oxygens (including phenoxy) is 2. The predicted octanol–water partition coefficient (Wildman–Crippen LogP) is 1.52. The number of hydrogen-bond donors (Lipinski definition) is 1. The first kappa shape index (κ1) is 18.2. The Labute approximate surface area is 152 Å². The van der Waals surface area contributed by atoms with Crippen LogP contribution in [0.1, 0.15) is 5.56 Å². The maximum absolute atomic E-state index is 12.1. The van der Waals surface area contributed by atoms with Crippen LogP contribution in [0.3, 0.4) is 0 Å². The van der Waals surface area contributed by atoms with Crippen molar-refractivity contribution in [1.82, 2.24) is 4.90 Å². The van der Waals surface area contributed by atoms with Gasteiger partial charge in [-0.25, -0.2) is 0 Å². The lowest BCUT2D eigenvalue weighted by atomic mass is 10.2. The monoisotopic (exact) mass is 376 g/mol. The zero-order valence-electron chi connectivity index (χ0n) is 14.5. The molecular formula is C18H20N2O5S. The minimum atomic E-state index is -3.68. The smallest absolute Gasteiger partial charge is 0.285 e. The van der Waals surface area contributed by atoms with Gasteiger partial charge in [0.25, 0.3) is 10.0 Å². The summed E-state index contributed by atoms with van der Waals surface area (Å²) in [5, 5.41) is 10.2. The first-order valence-electron chi connectivity index (χ1n) is 8.01. The number of nitrogens with zero attached hydrogens (tertiary/aromatic N) is 2. The van der Waals surface area contributed by atoms with Crippen molar-refractivity contribution in [3.63, 3.8) is 0 Å². The van der Waals surface area contributed by atoms with E-state index in [9.17, 15) is 13.5 Å². The number of sulfonamides is 1. The number of rotatable bonds is 6. The number of aliphatic hydroxyl groups excluding tert-OH is 1. The van der Waals surface area contributed by atoms with Crippen molar-refractivity contribution in [2.75, 3.05) is 27.3 Å². The summed E-state index contributed by atoms with van der Waals surface area (Å²) in [6.07, 6.45) is -0.819. The quantitative estimate of drug-likeness (QED) is 0.822. The lowest BCUT2D eigenvalue weighted by Gasteiger charge is -2.22. The first-order chi connectivity index (χ1) is 12.4. The van der Waals surface area contributed by atoms with Gasteiger partial charge in [0, 0.05) is 19.2 Å². The Morgan fingerprint density at radius 3 is 2.46 bits per heavy atom. The third kappa shape index (κ3) is 3.81. The van der Waals surface area contributed by atoms with Gasteiger partial charge in [0.15, 0.2) is 5.84 Å². The molecule has 1 aliphatic rings. The number of likely N-dealkylation sites (N-methyl/N-ethyl adjacent to an activating group) is 1. The van der Waals surface area contributed by atoms with Crippen molar-refractivity contribution in [2.24, 2.45) is 4.40 Å². The summed E-state index contributed by atoms with van der Waals surface area (Å²) in [6.45, 7) is 0.247. The number of fused-ring (bicyclic) bond motifs is 1. The Bertz CT molecular complexity index is 909. The summed E-state index contributed by atoms with van der Waals surface area (Å²) in [7, 11) is -0.405. The summed E-state index contributed by atoms with van der Waals surface area (Å²) < 4.78 is 38.7. The van der Waals surface area contributed by atoms with E-state index in [2.05, 4.69) is 4.40 Å². The van der Waals surface area contributed by atoms with Crippen molar-refractivity contribution in [3.05, 3.63) is 54.1 Å². The van der Waals surface area contributed by atoms with E-state index in [1.165, 1.54) is 6.07 Å². The Morgan fingerprint density at radius 2 is 1.77 bits per heavy atom. The molecule has 3 rings (SSSR count). The van der Waals surface area contributed by atoms with Gasteiger partial charge in [-0.3, -0.25) is 0 Å². The molecule has 0 radical (unpaired) electrons. The molecule has 0 saturated carbocycles. The average molecular weight is 376 g/mol. The second-order valence-corrected chi connectivity index (χ2v) is 7.48. The van der Waals surface area contributed by atoms with Crippen LogP contribution in [0.25, 0.3) is 0 Å². The maximum atomic E-state index is 12.1. The van der Waals surface area contributed by atoms with Gasteiger partial charge in [-0.15, -0.1) is 4.40 Å². The van der Waals surface area contributed by atoms with Crippen LogP contribution < -0.4 is 9.47 Å². The highest BCUT2D eigenvalue weighted by Gasteiger charge is 2.30. The highest BCUT2D eigenvalue weighted by atomic mass is 32.2. The summed E-state index contributed by atoms with van der Waals surface area (Å²) in [6, 6.07) is 13.7. The molecule has 7 nitrogen and oxygen atoms in total.